The van der Waals surface area contributed by atoms with Crippen LogP contribution in [-0.2, 0) is 6.42 Å². The molecule has 0 bridgehead atoms. The van der Waals surface area contributed by atoms with E-state index in [0.717, 1.165) is 23.8 Å². The predicted octanol–water partition coefficient (Wildman–Crippen LogP) is 3.40. The number of rotatable bonds is 3. The molecule has 3 rings (SSSR count). The van der Waals surface area contributed by atoms with Crippen LogP contribution in [0.15, 0.2) is 18.2 Å². The third kappa shape index (κ3) is 2.09. The van der Waals surface area contributed by atoms with Crippen molar-refractivity contribution < 1.29 is 4.39 Å². The van der Waals surface area contributed by atoms with Crippen LogP contribution >= 0.6 is 11.6 Å². The average molecular weight is 254 g/mol. The van der Waals surface area contributed by atoms with Gasteiger partial charge in [-0.25, -0.2) is 4.39 Å². The van der Waals surface area contributed by atoms with Gasteiger partial charge in [0, 0.05) is 6.04 Å². The molecule has 2 aliphatic carbocycles. The SMILES string of the molecule is NC(Cc1ccc(Cl)c(F)c1)C1C2CCCC21. The van der Waals surface area contributed by atoms with Crippen LogP contribution < -0.4 is 5.73 Å². The molecule has 0 spiro atoms. The molecule has 2 saturated carbocycles. The van der Waals surface area contributed by atoms with E-state index in [1.807, 2.05) is 6.07 Å². The van der Waals surface area contributed by atoms with Crippen molar-refractivity contribution in [3.8, 4) is 0 Å². The number of fused-ring (bicyclic) bond motifs is 1. The summed E-state index contributed by atoms with van der Waals surface area (Å²) < 4.78 is 13.3. The zero-order chi connectivity index (χ0) is 12.0. The van der Waals surface area contributed by atoms with Gasteiger partial charge in [-0.1, -0.05) is 24.1 Å². The van der Waals surface area contributed by atoms with E-state index in [2.05, 4.69) is 0 Å². The number of benzene rings is 1. The van der Waals surface area contributed by atoms with Gasteiger partial charge in [0.1, 0.15) is 5.82 Å². The maximum Gasteiger partial charge on any atom is 0.142 e. The highest BCUT2D eigenvalue weighted by atomic mass is 35.5. The smallest absolute Gasteiger partial charge is 0.142 e. The van der Waals surface area contributed by atoms with Gasteiger partial charge >= 0.3 is 0 Å². The standard InChI is InChI=1S/C14H17ClFN/c15-11-5-4-8(6-12(11)16)7-13(17)14-9-2-1-3-10(9)14/h4-6,9-10,13-14H,1-3,7,17H2. The fraction of sp³-hybridized carbons (Fsp3) is 0.571. The Bertz CT molecular complexity index is 424. The van der Waals surface area contributed by atoms with Crippen molar-refractivity contribution in [1.29, 1.82) is 0 Å². The van der Waals surface area contributed by atoms with Crippen molar-refractivity contribution in [2.24, 2.45) is 23.5 Å². The number of halogens is 2. The fourth-order valence-electron chi connectivity index (χ4n) is 3.59. The van der Waals surface area contributed by atoms with Crippen molar-refractivity contribution in [3.63, 3.8) is 0 Å². The predicted molar refractivity (Wildman–Crippen MR) is 67.4 cm³/mol. The first-order valence-electron chi connectivity index (χ1n) is 6.36. The van der Waals surface area contributed by atoms with Gasteiger partial charge in [0.15, 0.2) is 0 Å². The Labute approximate surface area is 106 Å². The molecule has 0 saturated heterocycles. The Balaban J connectivity index is 1.64. The quantitative estimate of drug-likeness (QED) is 0.878. The van der Waals surface area contributed by atoms with Crippen LogP contribution in [0.3, 0.4) is 0 Å². The van der Waals surface area contributed by atoms with Gasteiger partial charge in [0.05, 0.1) is 5.02 Å². The first kappa shape index (κ1) is 11.5. The molecular formula is C14H17ClFN. The second-order valence-corrected chi connectivity index (χ2v) is 5.86. The summed E-state index contributed by atoms with van der Waals surface area (Å²) in [4.78, 5) is 0. The average Bonchev–Trinajstić information content (AvgIpc) is 2.78. The summed E-state index contributed by atoms with van der Waals surface area (Å²) in [7, 11) is 0. The number of nitrogens with two attached hydrogens (primary N) is 1. The van der Waals surface area contributed by atoms with Gasteiger partial charge in [-0.15, -0.1) is 0 Å². The lowest BCUT2D eigenvalue weighted by Crippen LogP contribution is -2.27. The molecule has 1 nitrogen and oxygen atoms in total. The van der Waals surface area contributed by atoms with E-state index >= 15 is 0 Å². The first-order chi connectivity index (χ1) is 8.16. The summed E-state index contributed by atoms with van der Waals surface area (Å²) >= 11 is 5.66. The maximum absolute atomic E-state index is 13.3. The molecule has 3 unspecified atom stereocenters. The minimum Gasteiger partial charge on any atom is -0.327 e. The summed E-state index contributed by atoms with van der Waals surface area (Å²) in [6, 6.07) is 5.20. The molecule has 0 aromatic heterocycles. The first-order valence-corrected chi connectivity index (χ1v) is 6.74. The molecule has 0 radical (unpaired) electrons. The third-order valence-electron chi connectivity index (χ3n) is 4.42. The lowest BCUT2D eigenvalue weighted by molar-refractivity contribution is 0.483. The Hall–Kier alpha value is -0.600. The topological polar surface area (TPSA) is 26.0 Å². The van der Waals surface area contributed by atoms with Crippen LogP contribution in [0.5, 0.6) is 0 Å². The molecule has 2 aliphatic rings. The second kappa shape index (κ2) is 4.25. The van der Waals surface area contributed by atoms with Crippen molar-refractivity contribution >= 4 is 11.6 Å². The van der Waals surface area contributed by atoms with Crippen molar-refractivity contribution in [2.75, 3.05) is 0 Å². The van der Waals surface area contributed by atoms with Crippen LogP contribution in [0.4, 0.5) is 4.39 Å². The molecule has 2 N–H and O–H groups in total. The van der Waals surface area contributed by atoms with E-state index in [0.29, 0.717) is 5.92 Å². The van der Waals surface area contributed by atoms with Gasteiger partial charge in [-0.2, -0.15) is 0 Å². The zero-order valence-electron chi connectivity index (χ0n) is 9.70. The molecule has 1 aromatic carbocycles. The van der Waals surface area contributed by atoms with Crippen molar-refractivity contribution in [1.82, 2.24) is 0 Å². The highest BCUT2D eigenvalue weighted by molar-refractivity contribution is 6.30. The van der Waals surface area contributed by atoms with Gasteiger partial charge < -0.3 is 5.73 Å². The Morgan fingerprint density at radius 2 is 2.06 bits per heavy atom. The Morgan fingerprint density at radius 1 is 1.35 bits per heavy atom. The molecule has 92 valence electrons. The summed E-state index contributed by atoms with van der Waals surface area (Å²) in [6.45, 7) is 0. The Kier molecular flexibility index (Phi) is 2.87. The fourth-order valence-corrected chi connectivity index (χ4v) is 3.70. The van der Waals surface area contributed by atoms with Crippen LogP contribution in [0.1, 0.15) is 24.8 Å². The summed E-state index contributed by atoms with van der Waals surface area (Å²) in [5.74, 6) is 2.07. The molecule has 17 heavy (non-hydrogen) atoms. The van der Waals surface area contributed by atoms with Crippen LogP contribution in [0, 0.1) is 23.6 Å². The molecule has 3 atom stereocenters. The third-order valence-corrected chi connectivity index (χ3v) is 4.73. The largest absolute Gasteiger partial charge is 0.327 e. The van der Waals surface area contributed by atoms with E-state index < -0.39 is 0 Å². The normalized spacial score (nSPS) is 32.3. The van der Waals surface area contributed by atoms with Gasteiger partial charge in [0.2, 0.25) is 0 Å². The van der Waals surface area contributed by atoms with Crippen LogP contribution in [0.25, 0.3) is 0 Å². The molecule has 1 aromatic rings. The maximum atomic E-state index is 13.3. The second-order valence-electron chi connectivity index (χ2n) is 5.45. The molecule has 0 heterocycles. The van der Waals surface area contributed by atoms with Crippen LogP contribution in [-0.4, -0.2) is 6.04 Å². The minimum atomic E-state index is -0.340. The molecular weight excluding hydrogens is 237 g/mol. The van der Waals surface area contributed by atoms with Gasteiger partial charge in [-0.05, 0) is 54.7 Å². The van der Waals surface area contributed by atoms with Gasteiger partial charge in [-0.3, -0.25) is 0 Å². The van der Waals surface area contributed by atoms with Gasteiger partial charge in [0.25, 0.3) is 0 Å². The zero-order valence-corrected chi connectivity index (χ0v) is 10.5. The Morgan fingerprint density at radius 3 is 2.71 bits per heavy atom. The van der Waals surface area contributed by atoms with Crippen LogP contribution in [0.2, 0.25) is 5.02 Å². The number of hydrogen-bond donors (Lipinski definition) is 1. The lowest BCUT2D eigenvalue weighted by atomic mass is 9.98. The van der Waals surface area contributed by atoms with E-state index in [4.69, 9.17) is 17.3 Å². The number of hydrogen-bond acceptors (Lipinski definition) is 1. The lowest BCUT2D eigenvalue weighted by Gasteiger charge is -2.13. The molecule has 2 fully saturated rings. The van der Waals surface area contributed by atoms with E-state index in [-0.39, 0.29) is 16.9 Å². The van der Waals surface area contributed by atoms with Crippen molar-refractivity contribution in [2.45, 2.75) is 31.7 Å². The monoisotopic (exact) mass is 253 g/mol. The van der Waals surface area contributed by atoms with E-state index in [1.165, 1.54) is 25.3 Å². The summed E-state index contributed by atoms with van der Waals surface area (Å²) in [5.41, 5.74) is 7.20. The summed E-state index contributed by atoms with van der Waals surface area (Å²) in [5, 5.41) is 0.186. The highest BCUT2D eigenvalue weighted by Crippen LogP contribution is 2.58. The van der Waals surface area contributed by atoms with E-state index in [9.17, 15) is 4.39 Å². The molecule has 0 amide bonds. The minimum absolute atomic E-state index is 0.186. The highest BCUT2D eigenvalue weighted by Gasteiger charge is 2.54. The summed E-state index contributed by atoms with van der Waals surface area (Å²) in [6.07, 6.45) is 4.83. The van der Waals surface area contributed by atoms with E-state index in [1.54, 1.807) is 6.07 Å². The molecule has 3 heteroatoms. The molecule has 0 aliphatic heterocycles. The van der Waals surface area contributed by atoms with Crippen molar-refractivity contribution in [3.05, 3.63) is 34.6 Å².